The maximum absolute atomic E-state index is 12.4. The number of H-pyrrole nitrogens is 1. The summed E-state index contributed by atoms with van der Waals surface area (Å²) in [5.41, 5.74) is 5.12. The van der Waals surface area contributed by atoms with Gasteiger partial charge < -0.3 is 18.9 Å². The number of amides is 1. The first-order chi connectivity index (χ1) is 14.6. The number of aromatic nitrogens is 2. The first kappa shape index (κ1) is 20.7. The van der Waals surface area contributed by atoms with Gasteiger partial charge in [0.05, 0.1) is 46.5 Å². The summed E-state index contributed by atoms with van der Waals surface area (Å²) in [4.78, 5) is 12.4. The molecule has 3 aromatic rings. The molecule has 0 aliphatic rings. The molecule has 0 aliphatic heterocycles. The Balaban J connectivity index is 1.76. The Morgan fingerprint density at radius 2 is 1.57 bits per heavy atom. The van der Waals surface area contributed by atoms with Gasteiger partial charge >= 0.3 is 0 Å². The van der Waals surface area contributed by atoms with E-state index in [0.29, 0.717) is 34.1 Å². The predicted molar refractivity (Wildman–Crippen MR) is 112 cm³/mol. The SMILES string of the molecule is COc1ccc(C(=O)N/N=C\c2cn[nH]c2-c2ccc(OC)c(OC)c2)cc1OC. The molecule has 3 rings (SSSR count). The molecule has 0 spiro atoms. The number of aromatic amines is 1. The lowest BCUT2D eigenvalue weighted by molar-refractivity contribution is 0.0954. The van der Waals surface area contributed by atoms with Crippen molar-refractivity contribution < 1.29 is 23.7 Å². The molecule has 9 heteroatoms. The zero-order valence-corrected chi connectivity index (χ0v) is 17.1. The highest BCUT2D eigenvalue weighted by atomic mass is 16.5. The zero-order valence-electron chi connectivity index (χ0n) is 17.1. The molecular formula is C21H22N4O5. The Morgan fingerprint density at radius 1 is 0.933 bits per heavy atom. The summed E-state index contributed by atoms with van der Waals surface area (Å²) in [6.45, 7) is 0. The van der Waals surface area contributed by atoms with Gasteiger partial charge in [0, 0.05) is 16.7 Å². The maximum Gasteiger partial charge on any atom is 0.271 e. The van der Waals surface area contributed by atoms with E-state index in [2.05, 4.69) is 20.7 Å². The molecule has 0 saturated heterocycles. The van der Waals surface area contributed by atoms with Crippen LogP contribution < -0.4 is 24.4 Å². The molecule has 0 fully saturated rings. The van der Waals surface area contributed by atoms with Crippen LogP contribution in [0.3, 0.4) is 0 Å². The Morgan fingerprint density at radius 3 is 2.23 bits per heavy atom. The minimum Gasteiger partial charge on any atom is -0.493 e. The van der Waals surface area contributed by atoms with Crippen LogP contribution in [-0.4, -0.2) is 50.8 Å². The van der Waals surface area contributed by atoms with Gasteiger partial charge in [0.1, 0.15) is 0 Å². The largest absolute Gasteiger partial charge is 0.493 e. The molecule has 0 aliphatic carbocycles. The van der Waals surface area contributed by atoms with Gasteiger partial charge in [-0.15, -0.1) is 0 Å². The van der Waals surface area contributed by atoms with Crippen molar-refractivity contribution in [3.8, 4) is 34.3 Å². The molecule has 0 radical (unpaired) electrons. The smallest absolute Gasteiger partial charge is 0.271 e. The summed E-state index contributed by atoms with van der Waals surface area (Å²) >= 11 is 0. The lowest BCUT2D eigenvalue weighted by Gasteiger charge is -2.09. The monoisotopic (exact) mass is 410 g/mol. The van der Waals surface area contributed by atoms with Crippen molar-refractivity contribution in [1.82, 2.24) is 15.6 Å². The average molecular weight is 410 g/mol. The molecule has 2 N–H and O–H groups in total. The molecule has 30 heavy (non-hydrogen) atoms. The topological polar surface area (TPSA) is 107 Å². The van der Waals surface area contributed by atoms with Crippen molar-refractivity contribution in [3.05, 3.63) is 53.7 Å². The Kier molecular flexibility index (Phi) is 6.53. The van der Waals surface area contributed by atoms with Crippen LogP contribution in [0.2, 0.25) is 0 Å². The van der Waals surface area contributed by atoms with E-state index in [0.717, 1.165) is 11.3 Å². The fraction of sp³-hybridized carbons (Fsp3) is 0.190. The third-order valence-electron chi connectivity index (χ3n) is 4.36. The highest BCUT2D eigenvalue weighted by molar-refractivity contribution is 5.96. The minimum absolute atomic E-state index is 0.386. The number of hydrazone groups is 1. The van der Waals surface area contributed by atoms with Crippen LogP contribution in [0.1, 0.15) is 15.9 Å². The number of rotatable bonds is 8. The van der Waals surface area contributed by atoms with E-state index < -0.39 is 0 Å². The van der Waals surface area contributed by atoms with Crippen molar-refractivity contribution in [2.75, 3.05) is 28.4 Å². The van der Waals surface area contributed by atoms with Gasteiger partial charge in [0.2, 0.25) is 0 Å². The fourth-order valence-electron chi connectivity index (χ4n) is 2.82. The van der Waals surface area contributed by atoms with Gasteiger partial charge in [-0.3, -0.25) is 9.89 Å². The van der Waals surface area contributed by atoms with Gasteiger partial charge in [-0.25, -0.2) is 5.43 Å². The summed E-state index contributed by atoms with van der Waals surface area (Å²) in [6, 6.07) is 10.4. The molecule has 0 unspecified atom stereocenters. The molecule has 0 atom stereocenters. The van der Waals surface area contributed by atoms with E-state index >= 15 is 0 Å². The number of carbonyl (C=O) groups excluding carboxylic acids is 1. The standard InChI is InChI=1S/C21H22N4O5/c1-27-16-7-5-13(9-18(16)29-3)20-15(11-22-24-20)12-23-25-21(26)14-6-8-17(28-2)19(10-14)30-4/h5-12H,1-4H3,(H,22,24)(H,25,26)/b23-12-. The molecule has 1 heterocycles. The third-order valence-corrected chi connectivity index (χ3v) is 4.36. The molecule has 1 aromatic heterocycles. The number of nitrogens with zero attached hydrogens (tertiary/aromatic N) is 2. The normalized spacial score (nSPS) is 10.7. The van der Waals surface area contributed by atoms with Crippen LogP contribution in [0.15, 0.2) is 47.7 Å². The lowest BCUT2D eigenvalue weighted by Crippen LogP contribution is -2.17. The molecule has 0 saturated carbocycles. The first-order valence-electron chi connectivity index (χ1n) is 8.92. The van der Waals surface area contributed by atoms with Crippen molar-refractivity contribution in [2.24, 2.45) is 5.10 Å². The Bertz CT molecular complexity index is 1060. The summed E-state index contributed by atoms with van der Waals surface area (Å²) in [5, 5.41) is 11.0. The predicted octanol–water partition coefficient (Wildman–Crippen LogP) is 2.88. The maximum atomic E-state index is 12.4. The third kappa shape index (κ3) is 4.35. The summed E-state index contributed by atoms with van der Waals surface area (Å²) in [5.74, 6) is 1.82. The number of benzene rings is 2. The van der Waals surface area contributed by atoms with Crippen molar-refractivity contribution in [3.63, 3.8) is 0 Å². The molecule has 9 nitrogen and oxygen atoms in total. The number of ether oxygens (including phenoxy) is 4. The van der Waals surface area contributed by atoms with Gasteiger partial charge in [0.15, 0.2) is 23.0 Å². The molecular weight excluding hydrogens is 388 g/mol. The van der Waals surface area contributed by atoms with E-state index in [1.165, 1.54) is 20.4 Å². The Labute approximate surface area is 173 Å². The van der Waals surface area contributed by atoms with Crippen LogP contribution in [-0.2, 0) is 0 Å². The summed E-state index contributed by atoms with van der Waals surface area (Å²) in [6.07, 6.45) is 3.12. The van der Waals surface area contributed by atoms with E-state index in [9.17, 15) is 4.79 Å². The highest BCUT2D eigenvalue weighted by Crippen LogP contribution is 2.32. The van der Waals surface area contributed by atoms with Gasteiger partial charge in [-0.1, -0.05) is 0 Å². The number of hydrogen-bond donors (Lipinski definition) is 2. The van der Waals surface area contributed by atoms with Gasteiger partial charge in [-0.05, 0) is 36.4 Å². The van der Waals surface area contributed by atoms with Crippen LogP contribution in [0.5, 0.6) is 23.0 Å². The second kappa shape index (κ2) is 9.46. The van der Waals surface area contributed by atoms with Crippen molar-refractivity contribution >= 4 is 12.1 Å². The van der Waals surface area contributed by atoms with Crippen LogP contribution in [0.4, 0.5) is 0 Å². The summed E-state index contributed by atoms with van der Waals surface area (Å²) in [7, 11) is 6.18. The quantitative estimate of drug-likeness (QED) is 0.437. The number of carbonyl (C=O) groups is 1. The molecule has 0 bridgehead atoms. The first-order valence-corrected chi connectivity index (χ1v) is 8.92. The molecule has 1 amide bonds. The van der Waals surface area contributed by atoms with E-state index in [4.69, 9.17) is 18.9 Å². The van der Waals surface area contributed by atoms with E-state index in [-0.39, 0.29) is 5.91 Å². The number of methoxy groups -OCH3 is 4. The minimum atomic E-state index is -0.386. The summed E-state index contributed by atoms with van der Waals surface area (Å²) < 4.78 is 21.0. The molecule has 2 aromatic carbocycles. The van der Waals surface area contributed by atoms with Crippen LogP contribution in [0, 0.1) is 0 Å². The van der Waals surface area contributed by atoms with E-state index in [1.54, 1.807) is 44.7 Å². The second-order valence-electron chi connectivity index (χ2n) is 6.04. The molecule has 156 valence electrons. The second-order valence-corrected chi connectivity index (χ2v) is 6.04. The number of hydrogen-bond acceptors (Lipinski definition) is 7. The van der Waals surface area contributed by atoms with E-state index in [1.807, 2.05) is 12.1 Å². The van der Waals surface area contributed by atoms with Crippen molar-refractivity contribution in [1.29, 1.82) is 0 Å². The van der Waals surface area contributed by atoms with Crippen LogP contribution in [0.25, 0.3) is 11.3 Å². The van der Waals surface area contributed by atoms with Gasteiger partial charge in [-0.2, -0.15) is 10.2 Å². The fourth-order valence-corrected chi connectivity index (χ4v) is 2.82. The van der Waals surface area contributed by atoms with Gasteiger partial charge in [0.25, 0.3) is 5.91 Å². The average Bonchev–Trinajstić information content (AvgIpc) is 3.26. The Hall–Kier alpha value is -4.01. The highest BCUT2D eigenvalue weighted by Gasteiger charge is 2.12. The van der Waals surface area contributed by atoms with Crippen LogP contribution >= 0.6 is 0 Å². The van der Waals surface area contributed by atoms with Crippen molar-refractivity contribution in [2.45, 2.75) is 0 Å². The number of nitrogens with one attached hydrogen (secondary N) is 2. The lowest BCUT2D eigenvalue weighted by atomic mass is 10.1. The zero-order chi connectivity index (χ0) is 21.5.